The highest BCUT2D eigenvalue weighted by atomic mass is 35.5. The molecule has 0 saturated heterocycles. The van der Waals surface area contributed by atoms with E-state index in [0.717, 1.165) is 11.3 Å². The van der Waals surface area contributed by atoms with Gasteiger partial charge in [-0.2, -0.15) is 0 Å². The van der Waals surface area contributed by atoms with Crippen molar-refractivity contribution in [1.29, 1.82) is 0 Å². The summed E-state index contributed by atoms with van der Waals surface area (Å²) in [5, 5.41) is 4.20. The summed E-state index contributed by atoms with van der Waals surface area (Å²) in [5.74, 6) is 0. The molecule has 0 aliphatic carbocycles. The van der Waals surface area contributed by atoms with E-state index in [9.17, 15) is 0 Å². The van der Waals surface area contributed by atoms with Crippen LogP contribution in [0.4, 0.5) is 5.69 Å². The van der Waals surface area contributed by atoms with Gasteiger partial charge in [0, 0.05) is 12.2 Å². The SMILES string of the molecule is CCCCCC(CCCCC)Nc1cc(C)cnc1Cl. The molecular formula is C17H29ClN2. The van der Waals surface area contributed by atoms with Crippen LogP contribution in [0.2, 0.25) is 5.15 Å². The van der Waals surface area contributed by atoms with Gasteiger partial charge in [0.2, 0.25) is 0 Å². The number of halogens is 1. The second-order valence-corrected chi connectivity index (χ2v) is 6.04. The third-order valence-corrected chi connectivity index (χ3v) is 3.95. The van der Waals surface area contributed by atoms with Gasteiger partial charge in [0.15, 0.2) is 5.15 Å². The van der Waals surface area contributed by atoms with E-state index in [-0.39, 0.29) is 0 Å². The first-order valence-corrected chi connectivity index (χ1v) is 8.43. The van der Waals surface area contributed by atoms with Gasteiger partial charge in [0.1, 0.15) is 0 Å². The van der Waals surface area contributed by atoms with Crippen molar-refractivity contribution >= 4 is 17.3 Å². The van der Waals surface area contributed by atoms with Crippen LogP contribution in [0.1, 0.15) is 70.8 Å². The Morgan fingerprint density at radius 3 is 2.25 bits per heavy atom. The van der Waals surface area contributed by atoms with E-state index in [2.05, 4.69) is 37.1 Å². The molecule has 1 rings (SSSR count). The van der Waals surface area contributed by atoms with Crippen molar-refractivity contribution in [2.75, 3.05) is 5.32 Å². The Balaban J connectivity index is 2.58. The summed E-state index contributed by atoms with van der Waals surface area (Å²) in [4.78, 5) is 4.23. The molecule has 1 N–H and O–H groups in total. The van der Waals surface area contributed by atoms with E-state index < -0.39 is 0 Å². The maximum absolute atomic E-state index is 6.19. The predicted octanol–water partition coefficient (Wildman–Crippen LogP) is 5.98. The highest BCUT2D eigenvalue weighted by Crippen LogP contribution is 2.23. The van der Waals surface area contributed by atoms with Gasteiger partial charge < -0.3 is 5.32 Å². The van der Waals surface area contributed by atoms with Crippen molar-refractivity contribution in [3.8, 4) is 0 Å². The van der Waals surface area contributed by atoms with Gasteiger partial charge in [-0.15, -0.1) is 0 Å². The topological polar surface area (TPSA) is 24.9 Å². The lowest BCUT2D eigenvalue weighted by Gasteiger charge is -2.20. The Hall–Kier alpha value is -0.760. The van der Waals surface area contributed by atoms with E-state index in [4.69, 9.17) is 11.6 Å². The van der Waals surface area contributed by atoms with Gasteiger partial charge in [-0.1, -0.05) is 64.0 Å². The Labute approximate surface area is 129 Å². The molecule has 0 saturated carbocycles. The smallest absolute Gasteiger partial charge is 0.152 e. The molecule has 2 nitrogen and oxygen atoms in total. The first-order chi connectivity index (χ1) is 9.67. The summed E-state index contributed by atoms with van der Waals surface area (Å²) < 4.78 is 0. The lowest BCUT2D eigenvalue weighted by atomic mass is 10.0. The number of unbranched alkanes of at least 4 members (excludes halogenated alkanes) is 4. The van der Waals surface area contributed by atoms with Gasteiger partial charge in [-0.05, 0) is 31.4 Å². The van der Waals surface area contributed by atoms with Crippen LogP contribution in [0.25, 0.3) is 0 Å². The van der Waals surface area contributed by atoms with Crippen molar-refractivity contribution in [3.05, 3.63) is 23.0 Å². The zero-order valence-electron chi connectivity index (χ0n) is 13.2. The number of aryl methyl sites for hydroxylation is 1. The van der Waals surface area contributed by atoms with E-state index in [1.165, 1.54) is 51.4 Å². The maximum Gasteiger partial charge on any atom is 0.152 e. The maximum atomic E-state index is 6.19. The molecule has 1 aromatic rings. The number of hydrogen-bond acceptors (Lipinski definition) is 2. The Morgan fingerprint density at radius 2 is 1.70 bits per heavy atom. The largest absolute Gasteiger partial charge is 0.380 e. The summed E-state index contributed by atoms with van der Waals surface area (Å²) in [5.41, 5.74) is 2.14. The predicted molar refractivity (Wildman–Crippen MR) is 89.7 cm³/mol. The van der Waals surface area contributed by atoms with Gasteiger partial charge in [0.25, 0.3) is 0 Å². The fraction of sp³-hybridized carbons (Fsp3) is 0.706. The Kier molecular flexibility index (Phi) is 8.68. The molecule has 1 aromatic heterocycles. The van der Waals surface area contributed by atoms with Crippen LogP contribution >= 0.6 is 11.6 Å². The lowest BCUT2D eigenvalue weighted by molar-refractivity contribution is 0.526. The molecule has 0 aliphatic rings. The lowest BCUT2D eigenvalue weighted by Crippen LogP contribution is -2.20. The summed E-state index contributed by atoms with van der Waals surface area (Å²) in [7, 11) is 0. The van der Waals surface area contributed by atoms with Crippen molar-refractivity contribution in [2.45, 2.75) is 78.2 Å². The fourth-order valence-electron chi connectivity index (χ4n) is 2.44. The molecule has 0 atom stereocenters. The van der Waals surface area contributed by atoms with Crippen LogP contribution in [-0.2, 0) is 0 Å². The third-order valence-electron chi connectivity index (χ3n) is 3.65. The van der Waals surface area contributed by atoms with Gasteiger partial charge in [-0.25, -0.2) is 4.98 Å². The van der Waals surface area contributed by atoms with Crippen molar-refractivity contribution in [3.63, 3.8) is 0 Å². The van der Waals surface area contributed by atoms with Crippen LogP contribution < -0.4 is 5.32 Å². The minimum atomic E-state index is 0.522. The molecule has 0 aromatic carbocycles. The van der Waals surface area contributed by atoms with Gasteiger partial charge in [-0.3, -0.25) is 0 Å². The van der Waals surface area contributed by atoms with Crippen LogP contribution in [-0.4, -0.2) is 11.0 Å². The van der Waals surface area contributed by atoms with Crippen LogP contribution in [0.5, 0.6) is 0 Å². The van der Waals surface area contributed by atoms with E-state index >= 15 is 0 Å². The molecule has 0 fully saturated rings. The highest BCUT2D eigenvalue weighted by Gasteiger charge is 2.11. The summed E-state index contributed by atoms with van der Waals surface area (Å²) in [6.45, 7) is 6.55. The van der Waals surface area contributed by atoms with Crippen LogP contribution in [0.15, 0.2) is 12.3 Å². The zero-order chi connectivity index (χ0) is 14.8. The molecule has 20 heavy (non-hydrogen) atoms. The van der Waals surface area contributed by atoms with Gasteiger partial charge in [0.05, 0.1) is 5.69 Å². The van der Waals surface area contributed by atoms with Crippen molar-refractivity contribution < 1.29 is 0 Å². The summed E-state index contributed by atoms with van der Waals surface area (Å²) >= 11 is 6.19. The number of hydrogen-bond donors (Lipinski definition) is 1. The summed E-state index contributed by atoms with van der Waals surface area (Å²) in [6.07, 6.45) is 12.0. The number of pyridine rings is 1. The minimum absolute atomic E-state index is 0.522. The molecule has 114 valence electrons. The van der Waals surface area contributed by atoms with Crippen LogP contribution in [0, 0.1) is 6.92 Å². The van der Waals surface area contributed by atoms with Crippen LogP contribution in [0.3, 0.4) is 0 Å². The number of nitrogens with zero attached hydrogens (tertiary/aromatic N) is 1. The number of nitrogens with one attached hydrogen (secondary N) is 1. The number of aromatic nitrogens is 1. The second kappa shape index (κ2) is 10.0. The third kappa shape index (κ3) is 6.60. The first kappa shape index (κ1) is 17.3. The van der Waals surface area contributed by atoms with Crippen molar-refractivity contribution in [2.24, 2.45) is 0 Å². The first-order valence-electron chi connectivity index (χ1n) is 8.06. The minimum Gasteiger partial charge on any atom is -0.380 e. The summed E-state index contributed by atoms with van der Waals surface area (Å²) in [6, 6.07) is 2.62. The second-order valence-electron chi connectivity index (χ2n) is 5.68. The van der Waals surface area contributed by atoms with E-state index in [1.54, 1.807) is 0 Å². The highest BCUT2D eigenvalue weighted by molar-refractivity contribution is 6.31. The number of anilines is 1. The monoisotopic (exact) mass is 296 g/mol. The number of rotatable bonds is 10. The molecule has 0 amide bonds. The Bertz CT molecular complexity index is 369. The molecule has 0 radical (unpaired) electrons. The fourth-order valence-corrected chi connectivity index (χ4v) is 2.60. The molecular weight excluding hydrogens is 268 g/mol. The molecule has 1 heterocycles. The van der Waals surface area contributed by atoms with E-state index in [0.29, 0.717) is 11.2 Å². The quantitative estimate of drug-likeness (QED) is 0.424. The van der Waals surface area contributed by atoms with Crippen molar-refractivity contribution in [1.82, 2.24) is 4.98 Å². The Morgan fingerprint density at radius 1 is 1.10 bits per heavy atom. The average Bonchev–Trinajstić information content (AvgIpc) is 2.43. The standard InChI is InChI=1S/C17H29ClN2/c1-4-6-8-10-15(11-9-7-5-2)20-16-12-14(3)13-19-17(16)18/h12-13,15,20H,4-11H2,1-3H3. The molecule has 0 spiro atoms. The molecule has 3 heteroatoms. The van der Waals surface area contributed by atoms with E-state index in [1.807, 2.05) is 6.20 Å². The average molecular weight is 297 g/mol. The molecule has 0 unspecified atom stereocenters. The van der Waals surface area contributed by atoms with Gasteiger partial charge >= 0.3 is 0 Å². The molecule has 0 bridgehead atoms. The molecule has 0 aliphatic heterocycles. The zero-order valence-corrected chi connectivity index (χ0v) is 14.0. The normalized spacial score (nSPS) is 11.1.